The van der Waals surface area contributed by atoms with Gasteiger partial charge < -0.3 is 9.64 Å². The molecule has 0 spiro atoms. The highest BCUT2D eigenvalue weighted by Gasteiger charge is 2.19. The number of anilines is 1. The molecule has 1 aromatic carbocycles. The smallest absolute Gasteiger partial charge is 0.323 e. The second-order valence-electron chi connectivity index (χ2n) is 7.05. The van der Waals surface area contributed by atoms with Crippen LogP contribution in [0.5, 0.6) is 11.8 Å². The number of nitrogens with one attached hydrogen (secondary N) is 1. The molecule has 1 aliphatic heterocycles. The summed E-state index contributed by atoms with van der Waals surface area (Å²) in [6, 6.07) is 11.5. The molecular formula is C22H22N6O2. The predicted octanol–water partition coefficient (Wildman–Crippen LogP) is 4.08. The number of amides is 2. The van der Waals surface area contributed by atoms with Gasteiger partial charge >= 0.3 is 12.0 Å². The lowest BCUT2D eigenvalue weighted by molar-refractivity contribution is 0.207. The quantitative estimate of drug-likeness (QED) is 0.707. The van der Waals surface area contributed by atoms with Gasteiger partial charge in [-0.1, -0.05) is 23.8 Å². The fourth-order valence-electron chi connectivity index (χ4n) is 3.14. The fraction of sp³-hybridized carbons (Fsp3) is 0.227. The number of aryl methyl sites for hydroxylation is 1. The van der Waals surface area contributed by atoms with Crippen molar-refractivity contribution in [3.63, 3.8) is 0 Å². The van der Waals surface area contributed by atoms with Crippen LogP contribution in [0, 0.1) is 6.92 Å². The van der Waals surface area contributed by atoms with Crippen LogP contribution in [-0.2, 0) is 0 Å². The van der Waals surface area contributed by atoms with E-state index in [0.717, 1.165) is 24.0 Å². The van der Waals surface area contributed by atoms with Crippen LogP contribution in [0.4, 0.5) is 10.6 Å². The Labute approximate surface area is 174 Å². The lowest BCUT2D eigenvalue weighted by atomic mass is 10.0. The largest absolute Gasteiger partial charge is 0.424 e. The van der Waals surface area contributed by atoms with E-state index in [1.165, 1.54) is 5.57 Å². The topological polar surface area (TPSA) is 93.1 Å². The Kier molecular flexibility index (Phi) is 5.93. The van der Waals surface area contributed by atoms with Crippen molar-refractivity contribution in [1.82, 2.24) is 25.1 Å². The molecule has 0 unspecified atom stereocenters. The van der Waals surface area contributed by atoms with Gasteiger partial charge in [0.2, 0.25) is 0 Å². The molecule has 0 aliphatic carbocycles. The SMILES string of the molecule is Cc1cnc(Oc2cccc(C=C3CCN(C(=O)Nc4cccnn4)CC3)c2)nc1. The monoisotopic (exact) mass is 402 g/mol. The molecule has 8 nitrogen and oxygen atoms in total. The predicted molar refractivity (Wildman–Crippen MR) is 113 cm³/mol. The molecule has 1 saturated heterocycles. The maximum Gasteiger partial charge on any atom is 0.323 e. The van der Waals surface area contributed by atoms with E-state index in [1.54, 1.807) is 35.6 Å². The number of benzene rings is 1. The summed E-state index contributed by atoms with van der Waals surface area (Å²) in [7, 11) is 0. The molecule has 0 saturated carbocycles. The van der Waals surface area contributed by atoms with Crippen molar-refractivity contribution in [3.05, 3.63) is 71.7 Å². The molecule has 1 aliphatic rings. The Morgan fingerprint density at radius 3 is 2.67 bits per heavy atom. The second kappa shape index (κ2) is 9.13. The highest BCUT2D eigenvalue weighted by Crippen LogP contribution is 2.24. The van der Waals surface area contributed by atoms with Gasteiger partial charge in [0.05, 0.1) is 0 Å². The molecule has 152 valence electrons. The summed E-state index contributed by atoms with van der Waals surface area (Å²) >= 11 is 0. The minimum absolute atomic E-state index is 0.150. The van der Waals surface area contributed by atoms with Crippen molar-refractivity contribution in [3.8, 4) is 11.8 Å². The zero-order valence-corrected chi connectivity index (χ0v) is 16.7. The van der Waals surface area contributed by atoms with Gasteiger partial charge in [0.1, 0.15) is 5.75 Å². The van der Waals surface area contributed by atoms with E-state index in [1.807, 2.05) is 31.2 Å². The number of urea groups is 1. The Morgan fingerprint density at radius 2 is 1.93 bits per heavy atom. The first-order valence-corrected chi connectivity index (χ1v) is 9.75. The van der Waals surface area contributed by atoms with Gasteiger partial charge in [-0.2, -0.15) is 5.10 Å². The Bertz CT molecular complexity index is 1030. The molecule has 0 bridgehead atoms. The number of nitrogens with zero attached hydrogens (tertiary/aromatic N) is 5. The first-order chi connectivity index (χ1) is 14.7. The first kappa shape index (κ1) is 19.5. The maximum absolute atomic E-state index is 12.4. The number of likely N-dealkylation sites (tertiary alicyclic amines) is 1. The number of hydrogen-bond acceptors (Lipinski definition) is 6. The number of ether oxygens (including phenoxy) is 1. The van der Waals surface area contributed by atoms with Gasteiger partial charge in [0.15, 0.2) is 5.82 Å². The van der Waals surface area contributed by atoms with Crippen LogP contribution in [0.1, 0.15) is 24.0 Å². The average molecular weight is 402 g/mol. The number of rotatable bonds is 4. The molecule has 2 amide bonds. The third-order valence-corrected chi connectivity index (χ3v) is 4.70. The van der Waals surface area contributed by atoms with Crippen LogP contribution in [0.15, 0.2) is 60.6 Å². The van der Waals surface area contributed by atoms with Gasteiger partial charge in [-0.15, -0.1) is 5.10 Å². The number of carbonyl (C=O) groups excluding carboxylic acids is 1. The van der Waals surface area contributed by atoms with Crippen LogP contribution in [-0.4, -0.2) is 44.2 Å². The van der Waals surface area contributed by atoms with Crippen LogP contribution < -0.4 is 10.1 Å². The van der Waals surface area contributed by atoms with Crippen LogP contribution in [0.3, 0.4) is 0 Å². The number of aromatic nitrogens is 4. The summed E-state index contributed by atoms with van der Waals surface area (Å²) in [5.74, 6) is 1.15. The Balaban J connectivity index is 1.35. The fourth-order valence-corrected chi connectivity index (χ4v) is 3.14. The molecule has 30 heavy (non-hydrogen) atoms. The Hall–Kier alpha value is -3.81. The van der Waals surface area contributed by atoms with Crippen molar-refractivity contribution in [2.45, 2.75) is 19.8 Å². The van der Waals surface area contributed by atoms with E-state index in [2.05, 4.69) is 31.6 Å². The minimum Gasteiger partial charge on any atom is -0.424 e. The molecule has 1 N–H and O–H groups in total. The third kappa shape index (κ3) is 5.16. The van der Waals surface area contributed by atoms with Gasteiger partial charge in [0, 0.05) is 31.7 Å². The van der Waals surface area contributed by atoms with E-state index in [9.17, 15) is 4.79 Å². The normalized spacial score (nSPS) is 13.6. The second-order valence-corrected chi connectivity index (χ2v) is 7.05. The first-order valence-electron chi connectivity index (χ1n) is 9.75. The van der Waals surface area contributed by atoms with Gasteiger partial charge in [-0.25, -0.2) is 14.8 Å². The lowest BCUT2D eigenvalue weighted by Gasteiger charge is -2.28. The molecule has 1 fully saturated rings. The van der Waals surface area contributed by atoms with E-state index in [-0.39, 0.29) is 6.03 Å². The van der Waals surface area contributed by atoms with Crippen molar-refractivity contribution in [2.75, 3.05) is 18.4 Å². The summed E-state index contributed by atoms with van der Waals surface area (Å²) in [6.07, 6.45) is 8.81. The van der Waals surface area contributed by atoms with Crippen molar-refractivity contribution >= 4 is 17.9 Å². The standard InChI is InChI=1S/C22H22N6O2/c1-16-14-23-21(24-15-16)30-19-5-2-4-18(13-19)12-17-7-10-28(11-8-17)22(29)26-20-6-3-9-25-27-20/h2-6,9,12-15H,7-8,10-11H2,1H3,(H,26,27,29). The highest BCUT2D eigenvalue weighted by atomic mass is 16.5. The van der Waals surface area contributed by atoms with E-state index >= 15 is 0 Å². The van der Waals surface area contributed by atoms with Gasteiger partial charge in [0.25, 0.3) is 0 Å². The van der Waals surface area contributed by atoms with E-state index < -0.39 is 0 Å². The summed E-state index contributed by atoms with van der Waals surface area (Å²) in [5.41, 5.74) is 3.33. The molecule has 0 radical (unpaired) electrons. The van der Waals surface area contributed by atoms with E-state index in [4.69, 9.17) is 4.74 Å². The molecular weight excluding hydrogens is 380 g/mol. The third-order valence-electron chi connectivity index (χ3n) is 4.70. The zero-order valence-electron chi connectivity index (χ0n) is 16.7. The Morgan fingerprint density at radius 1 is 1.13 bits per heavy atom. The van der Waals surface area contributed by atoms with Crippen LogP contribution in [0.2, 0.25) is 0 Å². The summed E-state index contributed by atoms with van der Waals surface area (Å²) < 4.78 is 5.74. The summed E-state index contributed by atoms with van der Waals surface area (Å²) in [6.45, 7) is 3.25. The van der Waals surface area contributed by atoms with Gasteiger partial charge in [-0.05, 0) is 55.2 Å². The van der Waals surface area contributed by atoms with Crippen molar-refractivity contribution in [1.29, 1.82) is 0 Å². The van der Waals surface area contributed by atoms with Crippen molar-refractivity contribution < 1.29 is 9.53 Å². The molecule has 8 heteroatoms. The minimum atomic E-state index is -0.150. The molecule has 3 heterocycles. The molecule has 2 aromatic heterocycles. The summed E-state index contributed by atoms with van der Waals surface area (Å²) in [4.78, 5) is 22.5. The average Bonchev–Trinajstić information content (AvgIpc) is 2.77. The van der Waals surface area contributed by atoms with Gasteiger partial charge in [-0.3, -0.25) is 5.32 Å². The van der Waals surface area contributed by atoms with Crippen molar-refractivity contribution in [2.24, 2.45) is 0 Å². The lowest BCUT2D eigenvalue weighted by Crippen LogP contribution is -2.39. The van der Waals surface area contributed by atoms with Crippen LogP contribution >= 0.6 is 0 Å². The maximum atomic E-state index is 12.4. The van der Waals surface area contributed by atoms with E-state index in [0.29, 0.717) is 30.7 Å². The molecule has 0 atom stereocenters. The summed E-state index contributed by atoms with van der Waals surface area (Å²) in [5, 5.41) is 10.4. The number of carbonyl (C=O) groups is 1. The number of hydrogen-bond donors (Lipinski definition) is 1. The van der Waals surface area contributed by atoms with Crippen LogP contribution in [0.25, 0.3) is 6.08 Å². The highest BCUT2D eigenvalue weighted by molar-refractivity contribution is 5.88. The molecule has 3 aromatic rings. The number of piperidine rings is 1. The zero-order chi connectivity index (χ0) is 20.8. The molecule has 4 rings (SSSR count).